The van der Waals surface area contributed by atoms with Gasteiger partial charge in [-0.05, 0) is 25.0 Å². The fourth-order valence-corrected chi connectivity index (χ4v) is 2.03. The molecule has 0 amide bonds. The molecule has 0 bridgehead atoms. The third-order valence-corrected chi connectivity index (χ3v) is 3.78. The molecule has 0 radical (unpaired) electrons. The molecule has 0 atom stereocenters. The highest BCUT2D eigenvalue weighted by Gasteiger charge is 2.03. The largest absolute Gasteiger partial charge is 0.328 e. The maximum atomic E-state index is 11.1. The summed E-state index contributed by atoms with van der Waals surface area (Å²) < 4.78 is 4.98. The quantitative estimate of drug-likeness (QED) is 0.677. The van der Waals surface area contributed by atoms with Crippen molar-refractivity contribution in [3.8, 4) is 0 Å². The zero-order chi connectivity index (χ0) is 21.4. The summed E-state index contributed by atoms with van der Waals surface area (Å²) in [6.45, 7) is 12.3. The van der Waals surface area contributed by atoms with Crippen molar-refractivity contribution < 1.29 is 0 Å². The van der Waals surface area contributed by atoms with Gasteiger partial charge in [0.1, 0.15) is 0 Å². The number of hydrogen-bond acceptors (Lipinski definition) is 6. The van der Waals surface area contributed by atoms with Crippen molar-refractivity contribution in [3.05, 3.63) is 40.6 Å². The minimum atomic E-state index is 0.0509. The molecular weight excluding hydrogens is 358 g/mol. The van der Waals surface area contributed by atoms with Crippen LogP contribution in [0.3, 0.4) is 0 Å². The summed E-state index contributed by atoms with van der Waals surface area (Å²) in [5.74, 6) is 1.66. The van der Waals surface area contributed by atoms with E-state index in [0.29, 0.717) is 11.8 Å². The van der Waals surface area contributed by atoms with E-state index in [2.05, 4.69) is 39.6 Å². The molecule has 0 aliphatic heterocycles. The predicted molar refractivity (Wildman–Crippen MR) is 108 cm³/mol. The highest BCUT2D eigenvalue weighted by molar-refractivity contribution is 4.97. The second-order valence-corrected chi connectivity index (χ2v) is 7.46. The van der Waals surface area contributed by atoms with Gasteiger partial charge in [0.2, 0.25) is 0 Å². The molecule has 3 aromatic heterocycles. The molecule has 156 valence electrons. The molecular formula is C18H33N9O. The molecule has 3 rings (SSSR count). The van der Waals surface area contributed by atoms with Crippen LogP contribution in [0.5, 0.6) is 0 Å². The molecule has 0 aliphatic carbocycles. The minimum absolute atomic E-state index is 0.0509. The first-order valence-corrected chi connectivity index (χ1v) is 9.36. The Morgan fingerprint density at radius 1 is 0.857 bits per heavy atom. The van der Waals surface area contributed by atoms with Crippen molar-refractivity contribution in [2.75, 3.05) is 0 Å². The lowest BCUT2D eigenvalue weighted by atomic mass is 10.2. The summed E-state index contributed by atoms with van der Waals surface area (Å²) in [6, 6.07) is 0.258. The van der Waals surface area contributed by atoms with E-state index in [-0.39, 0.29) is 11.7 Å². The molecule has 10 nitrogen and oxygen atoms in total. The first-order chi connectivity index (χ1) is 13.0. The predicted octanol–water partition coefficient (Wildman–Crippen LogP) is 2.04. The Balaban J connectivity index is 0.000000210. The number of aromatic nitrogens is 9. The third-order valence-electron chi connectivity index (χ3n) is 3.78. The average Bonchev–Trinajstić information content (AvgIpc) is 3.31. The molecule has 0 N–H and O–H groups in total. The van der Waals surface area contributed by atoms with Crippen molar-refractivity contribution in [1.82, 2.24) is 44.3 Å². The van der Waals surface area contributed by atoms with Crippen molar-refractivity contribution in [1.29, 1.82) is 0 Å². The number of rotatable bonds is 3. The highest BCUT2D eigenvalue weighted by atomic mass is 16.1. The second kappa shape index (κ2) is 10.5. The second-order valence-electron chi connectivity index (χ2n) is 7.46. The van der Waals surface area contributed by atoms with E-state index in [9.17, 15) is 4.79 Å². The first-order valence-electron chi connectivity index (χ1n) is 9.36. The van der Waals surface area contributed by atoms with E-state index in [1.165, 1.54) is 4.80 Å². The summed E-state index contributed by atoms with van der Waals surface area (Å²) >= 11 is 0. The SMILES string of the molecule is CC(C)c1cn(C)nn1.CC(C)c1nnn(C)n1.CC(C)n1ccn(C)c1=O. The Bertz CT molecular complexity index is 839. The highest BCUT2D eigenvalue weighted by Crippen LogP contribution is 2.07. The van der Waals surface area contributed by atoms with Gasteiger partial charge in [0.05, 0.1) is 12.7 Å². The van der Waals surface area contributed by atoms with Crippen LogP contribution in [-0.4, -0.2) is 44.3 Å². The summed E-state index contributed by atoms with van der Waals surface area (Å²) in [7, 11) is 5.39. The van der Waals surface area contributed by atoms with Gasteiger partial charge >= 0.3 is 5.69 Å². The van der Waals surface area contributed by atoms with Crippen LogP contribution in [0.4, 0.5) is 0 Å². The lowest BCUT2D eigenvalue weighted by molar-refractivity contribution is 0.567. The monoisotopic (exact) mass is 391 g/mol. The zero-order valence-electron chi connectivity index (χ0n) is 18.4. The van der Waals surface area contributed by atoms with Gasteiger partial charge in [-0.1, -0.05) is 32.9 Å². The Hall–Kier alpha value is -2.78. The van der Waals surface area contributed by atoms with Gasteiger partial charge in [-0.3, -0.25) is 9.25 Å². The number of tetrazole rings is 1. The van der Waals surface area contributed by atoms with E-state index < -0.39 is 0 Å². The summed E-state index contributed by atoms with van der Waals surface area (Å²) in [5, 5.41) is 19.2. The maximum Gasteiger partial charge on any atom is 0.328 e. The van der Waals surface area contributed by atoms with Gasteiger partial charge in [0.15, 0.2) is 5.82 Å². The lowest BCUT2D eigenvalue weighted by Crippen LogP contribution is -2.23. The number of nitrogens with zero attached hydrogens (tertiary/aromatic N) is 9. The van der Waals surface area contributed by atoms with Gasteiger partial charge in [-0.25, -0.2) is 4.79 Å². The molecule has 3 aromatic rings. The van der Waals surface area contributed by atoms with Gasteiger partial charge < -0.3 is 4.57 Å². The van der Waals surface area contributed by atoms with Crippen molar-refractivity contribution in [3.63, 3.8) is 0 Å². The fourth-order valence-electron chi connectivity index (χ4n) is 2.03. The molecule has 0 aromatic carbocycles. The van der Waals surface area contributed by atoms with Gasteiger partial charge in [0.25, 0.3) is 0 Å². The Kier molecular flexibility index (Phi) is 8.75. The standard InChI is InChI=1S/C7H12N2O.C6H11N3.C5H10N4/c1-6(2)9-5-4-8(3)7(9)10;1-5(2)6-4-9(3)8-7-6;1-4(2)5-6-8-9(3)7-5/h4-6H,1-3H3;4-5H,1-3H3;4H,1-3H3. The summed E-state index contributed by atoms with van der Waals surface area (Å²) in [4.78, 5) is 12.6. The normalized spacial score (nSPS) is 10.7. The van der Waals surface area contributed by atoms with Crippen molar-refractivity contribution in [2.45, 2.75) is 59.4 Å². The summed E-state index contributed by atoms with van der Waals surface area (Å²) in [6.07, 6.45) is 5.50. The van der Waals surface area contributed by atoms with E-state index in [1.807, 2.05) is 40.9 Å². The Morgan fingerprint density at radius 3 is 1.71 bits per heavy atom. The lowest BCUT2D eigenvalue weighted by Gasteiger charge is -2.02. The number of aryl methyl sites for hydroxylation is 3. The van der Waals surface area contributed by atoms with Crippen molar-refractivity contribution in [2.24, 2.45) is 21.1 Å². The van der Waals surface area contributed by atoms with Crippen molar-refractivity contribution >= 4 is 0 Å². The van der Waals surface area contributed by atoms with Gasteiger partial charge in [-0.15, -0.1) is 15.3 Å². The molecule has 3 heterocycles. The van der Waals surface area contributed by atoms with Crippen LogP contribution in [0.25, 0.3) is 0 Å². The average molecular weight is 392 g/mol. The van der Waals surface area contributed by atoms with E-state index in [4.69, 9.17) is 0 Å². The van der Waals surface area contributed by atoms with Gasteiger partial charge in [0, 0.05) is 44.6 Å². The molecule has 28 heavy (non-hydrogen) atoms. The van der Waals surface area contributed by atoms with Crippen LogP contribution in [0.1, 0.15) is 70.9 Å². The Morgan fingerprint density at radius 2 is 1.50 bits per heavy atom. The molecule has 0 unspecified atom stereocenters. The molecule has 0 saturated carbocycles. The fraction of sp³-hybridized carbons (Fsp3) is 0.667. The van der Waals surface area contributed by atoms with E-state index in [1.54, 1.807) is 40.3 Å². The van der Waals surface area contributed by atoms with Crippen LogP contribution < -0.4 is 5.69 Å². The van der Waals surface area contributed by atoms with E-state index >= 15 is 0 Å². The minimum Gasteiger partial charge on any atom is -0.302 e. The number of hydrogen-bond donors (Lipinski definition) is 0. The Labute approximate surface area is 166 Å². The summed E-state index contributed by atoms with van der Waals surface area (Å²) in [5.41, 5.74) is 1.10. The molecule has 10 heteroatoms. The molecule has 0 saturated heterocycles. The molecule has 0 fully saturated rings. The third kappa shape index (κ3) is 7.09. The van der Waals surface area contributed by atoms with E-state index in [0.717, 1.165) is 11.5 Å². The topological polar surface area (TPSA) is 101 Å². The van der Waals surface area contributed by atoms with Crippen LogP contribution >= 0.6 is 0 Å². The maximum absolute atomic E-state index is 11.1. The van der Waals surface area contributed by atoms with Gasteiger partial charge in [-0.2, -0.15) is 4.80 Å². The molecule has 0 aliphatic rings. The van der Waals surface area contributed by atoms with Crippen LogP contribution in [0.15, 0.2) is 23.4 Å². The first kappa shape index (κ1) is 23.3. The van der Waals surface area contributed by atoms with Crippen LogP contribution in [0, 0.1) is 0 Å². The molecule has 0 spiro atoms. The zero-order valence-corrected chi connectivity index (χ0v) is 18.4. The number of imidazole rings is 1. The smallest absolute Gasteiger partial charge is 0.302 e. The van der Waals surface area contributed by atoms with Crippen LogP contribution in [0.2, 0.25) is 0 Å². The van der Waals surface area contributed by atoms with Crippen LogP contribution in [-0.2, 0) is 21.1 Å².